The molecular formula is C19H18Cl2N2O2. The lowest BCUT2D eigenvalue weighted by Gasteiger charge is -2.35. The Morgan fingerprint density at radius 2 is 1.44 bits per heavy atom. The number of amides is 2. The maximum absolute atomic E-state index is 12.6. The normalized spacial score (nSPS) is 14.5. The fourth-order valence-corrected chi connectivity index (χ4v) is 3.21. The number of benzene rings is 2. The lowest BCUT2D eigenvalue weighted by atomic mass is 10.1. The van der Waals surface area contributed by atoms with Gasteiger partial charge in [0.15, 0.2) is 0 Å². The van der Waals surface area contributed by atoms with Gasteiger partial charge in [0, 0.05) is 37.3 Å². The molecule has 1 aliphatic heterocycles. The van der Waals surface area contributed by atoms with Crippen molar-refractivity contribution in [3.05, 3.63) is 69.2 Å². The second kappa shape index (κ2) is 7.46. The summed E-state index contributed by atoms with van der Waals surface area (Å²) in [7, 11) is 0. The molecule has 0 bridgehead atoms. The fourth-order valence-electron chi connectivity index (χ4n) is 2.91. The van der Waals surface area contributed by atoms with Crippen molar-refractivity contribution >= 4 is 35.0 Å². The van der Waals surface area contributed by atoms with Gasteiger partial charge in [-0.05, 0) is 36.8 Å². The number of rotatable bonds is 2. The summed E-state index contributed by atoms with van der Waals surface area (Å²) in [6, 6.07) is 12.4. The molecule has 0 spiro atoms. The maximum Gasteiger partial charge on any atom is 0.254 e. The predicted molar refractivity (Wildman–Crippen MR) is 99.4 cm³/mol. The van der Waals surface area contributed by atoms with Crippen LogP contribution in [-0.4, -0.2) is 47.8 Å². The van der Waals surface area contributed by atoms with E-state index in [0.717, 1.165) is 5.56 Å². The third-order valence-electron chi connectivity index (χ3n) is 4.40. The summed E-state index contributed by atoms with van der Waals surface area (Å²) in [5.74, 6) is -0.0821. The van der Waals surface area contributed by atoms with Crippen molar-refractivity contribution in [3.8, 4) is 0 Å². The quantitative estimate of drug-likeness (QED) is 0.797. The van der Waals surface area contributed by atoms with Gasteiger partial charge in [0.25, 0.3) is 11.8 Å². The topological polar surface area (TPSA) is 40.6 Å². The number of halogens is 2. The van der Waals surface area contributed by atoms with Gasteiger partial charge in [0.1, 0.15) is 0 Å². The zero-order chi connectivity index (χ0) is 18.0. The van der Waals surface area contributed by atoms with E-state index in [4.69, 9.17) is 23.2 Å². The monoisotopic (exact) mass is 376 g/mol. The number of hydrogen-bond acceptors (Lipinski definition) is 2. The molecule has 3 rings (SSSR count). The molecule has 0 unspecified atom stereocenters. The molecule has 2 aromatic carbocycles. The molecule has 130 valence electrons. The zero-order valence-electron chi connectivity index (χ0n) is 13.8. The summed E-state index contributed by atoms with van der Waals surface area (Å²) < 4.78 is 0. The Labute approximate surface area is 156 Å². The first-order valence-electron chi connectivity index (χ1n) is 8.06. The summed E-state index contributed by atoms with van der Waals surface area (Å²) in [5.41, 5.74) is 2.18. The van der Waals surface area contributed by atoms with Crippen molar-refractivity contribution in [1.82, 2.24) is 9.80 Å². The van der Waals surface area contributed by atoms with Gasteiger partial charge in [-0.2, -0.15) is 0 Å². The number of carbonyl (C=O) groups is 2. The SMILES string of the molecule is Cc1ccccc1C(=O)N1CCN(C(=O)c2ccc(Cl)c(Cl)c2)CC1. The average Bonchev–Trinajstić information content (AvgIpc) is 2.63. The van der Waals surface area contributed by atoms with Gasteiger partial charge in [-0.3, -0.25) is 9.59 Å². The number of carbonyl (C=O) groups excluding carboxylic acids is 2. The van der Waals surface area contributed by atoms with Crippen LogP contribution in [0.1, 0.15) is 26.3 Å². The molecule has 0 N–H and O–H groups in total. The number of aryl methyl sites for hydroxylation is 1. The molecule has 6 heteroatoms. The maximum atomic E-state index is 12.6. The Hall–Kier alpha value is -2.04. The summed E-state index contributed by atoms with van der Waals surface area (Å²) in [4.78, 5) is 28.8. The highest BCUT2D eigenvalue weighted by molar-refractivity contribution is 6.42. The lowest BCUT2D eigenvalue weighted by Crippen LogP contribution is -2.50. The van der Waals surface area contributed by atoms with E-state index < -0.39 is 0 Å². The van der Waals surface area contributed by atoms with Crippen LogP contribution in [0.25, 0.3) is 0 Å². The van der Waals surface area contributed by atoms with Gasteiger partial charge < -0.3 is 9.80 Å². The molecule has 1 aliphatic rings. The Morgan fingerprint density at radius 1 is 0.840 bits per heavy atom. The molecule has 0 radical (unpaired) electrons. The molecule has 4 nitrogen and oxygen atoms in total. The predicted octanol–water partition coefficient (Wildman–Crippen LogP) is 3.90. The van der Waals surface area contributed by atoms with E-state index in [1.807, 2.05) is 31.2 Å². The minimum atomic E-state index is -0.0958. The highest BCUT2D eigenvalue weighted by Gasteiger charge is 2.26. The molecule has 0 atom stereocenters. The third-order valence-corrected chi connectivity index (χ3v) is 5.14. The van der Waals surface area contributed by atoms with E-state index in [9.17, 15) is 9.59 Å². The Bertz CT molecular complexity index is 815. The van der Waals surface area contributed by atoms with Crippen molar-refractivity contribution < 1.29 is 9.59 Å². The van der Waals surface area contributed by atoms with Crippen molar-refractivity contribution in [1.29, 1.82) is 0 Å². The van der Waals surface area contributed by atoms with Crippen LogP contribution in [0.15, 0.2) is 42.5 Å². The molecule has 1 fully saturated rings. The summed E-state index contributed by atoms with van der Waals surface area (Å²) in [6.45, 7) is 3.95. The Balaban J connectivity index is 1.65. The van der Waals surface area contributed by atoms with Crippen LogP contribution in [0.2, 0.25) is 10.0 Å². The first-order valence-corrected chi connectivity index (χ1v) is 8.82. The standard InChI is InChI=1S/C19H18Cl2N2O2/c1-13-4-2-3-5-15(13)19(25)23-10-8-22(9-11-23)18(24)14-6-7-16(20)17(21)12-14/h2-7,12H,8-11H2,1H3. The Kier molecular flexibility index (Phi) is 5.30. The summed E-state index contributed by atoms with van der Waals surface area (Å²) >= 11 is 11.9. The van der Waals surface area contributed by atoms with Crippen molar-refractivity contribution in [2.24, 2.45) is 0 Å². The number of nitrogens with zero attached hydrogens (tertiary/aromatic N) is 2. The number of piperazine rings is 1. The van der Waals surface area contributed by atoms with E-state index >= 15 is 0 Å². The molecule has 0 saturated carbocycles. The van der Waals surface area contributed by atoms with Crippen LogP contribution < -0.4 is 0 Å². The van der Waals surface area contributed by atoms with Gasteiger partial charge in [-0.1, -0.05) is 41.4 Å². The first-order chi connectivity index (χ1) is 12.0. The number of hydrogen-bond donors (Lipinski definition) is 0. The van der Waals surface area contributed by atoms with Crippen molar-refractivity contribution in [2.45, 2.75) is 6.92 Å². The molecular weight excluding hydrogens is 359 g/mol. The second-order valence-corrected chi connectivity index (χ2v) is 6.84. The van der Waals surface area contributed by atoms with Crippen LogP contribution in [0.3, 0.4) is 0 Å². The highest BCUT2D eigenvalue weighted by atomic mass is 35.5. The van der Waals surface area contributed by atoms with E-state index in [-0.39, 0.29) is 11.8 Å². The average molecular weight is 377 g/mol. The van der Waals surface area contributed by atoms with Crippen LogP contribution in [0, 0.1) is 6.92 Å². The van der Waals surface area contributed by atoms with Crippen LogP contribution in [0.5, 0.6) is 0 Å². The Morgan fingerprint density at radius 3 is 2.04 bits per heavy atom. The minimum absolute atomic E-state index is 0.0136. The van der Waals surface area contributed by atoms with E-state index in [1.54, 1.807) is 28.0 Å². The minimum Gasteiger partial charge on any atom is -0.335 e. The smallest absolute Gasteiger partial charge is 0.254 e. The highest BCUT2D eigenvalue weighted by Crippen LogP contribution is 2.23. The largest absolute Gasteiger partial charge is 0.335 e. The van der Waals surface area contributed by atoms with Gasteiger partial charge >= 0.3 is 0 Å². The van der Waals surface area contributed by atoms with Gasteiger partial charge in [0.05, 0.1) is 10.0 Å². The van der Waals surface area contributed by atoms with Gasteiger partial charge in [-0.25, -0.2) is 0 Å². The van der Waals surface area contributed by atoms with E-state index in [0.29, 0.717) is 47.4 Å². The van der Waals surface area contributed by atoms with Crippen LogP contribution in [-0.2, 0) is 0 Å². The second-order valence-electron chi connectivity index (χ2n) is 6.03. The molecule has 2 amide bonds. The molecule has 2 aromatic rings. The third kappa shape index (κ3) is 3.80. The fraction of sp³-hybridized carbons (Fsp3) is 0.263. The van der Waals surface area contributed by atoms with Gasteiger partial charge in [0.2, 0.25) is 0 Å². The molecule has 0 aliphatic carbocycles. The van der Waals surface area contributed by atoms with Crippen LogP contribution >= 0.6 is 23.2 Å². The van der Waals surface area contributed by atoms with Gasteiger partial charge in [-0.15, -0.1) is 0 Å². The molecule has 0 aromatic heterocycles. The zero-order valence-corrected chi connectivity index (χ0v) is 15.3. The molecule has 1 saturated heterocycles. The van der Waals surface area contributed by atoms with E-state index in [1.165, 1.54) is 0 Å². The van der Waals surface area contributed by atoms with Crippen molar-refractivity contribution in [2.75, 3.05) is 26.2 Å². The first kappa shape index (κ1) is 17.8. The molecule has 1 heterocycles. The lowest BCUT2D eigenvalue weighted by molar-refractivity contribution is 0.0535. The summed E-state index contributed by atoms with van der Waals surface area (Å²) in [5, 5.41) is 0.785. The van der Waals surface area contributed by atoms with Crippen LogP contribution in [0.4, 0.5) is 0 Å². The molecule has 25 heavy (non-hydrogen) atoms. The van der Waals surface area contributed by atoms with Crippen molar-refractivity contribution in [3.63, 3.8) is 0 Å². The van der Waals surface area contributed by atoms with E-state index in [2.05, 4.69) is 0 Å². The summed E-state index contributed by atoms with van der Waals surface area (Å²) in [6.07, 6.45) is 0.